The van der Waals surface area contributed by atoms with E-state index in [9.17, 15) is 9.59 Å². The number of aliphatic carboxylic acids is 1. The number of nitrogens with zero attached hydrogens (tertiary/aromatic N) is 2. The molecule has 1 amide bonds. The Labute approximate surface area is 236 Å². The maximum absolute atomic E-state index is 12.5. The predicted octanol–water partition coefficient (Wildman–Crippen LogP) is 7.61. The van der Waals surface area contributed by atoms with Crippen LogP contribution < -0.4 is 4.90 Å². The zero-order chi connectivity index (χ0) is 27.2. The summed E-state index contributed by atoms with van der Waals surface area (Å²) in [5, 5.41) is 8.99. The number of carboxylic acid groups (broad SMARTS) is 1. The number of hydrogen-bond acceptors (Lipinski definition) is 5. The van der Waals surface area contributed by atoms with Gasteiger partial charge in [-0.1, -0.05) is 109 Å². The van der Waals surface area contributed by atoms with Crippen molar-refractivity contribution >= 4 is 75.5 Å². The van der Waals surface area contributed by atoms with Gasteiger partial charge in [-0.15, -0.1) is 0 Å². The minimum Gasteiger partial charge on any atom is -0.480 e. The monoisotopic (exact) mass is 548 g/mol. The van der Waals surface area contributed by atoms with Gasteiger partial charge in [0.15, 0.2) is 0 Å². The highest BCUT2D eigenvalue weighted by molar-refractivity contribution is 8.26. The van der Waals surface area contributed by atoms with Crippen molar-refractivity contribution in [3.05, 3.63) is 131 Å². The van der Waals surface area contributed by atoms with Crippen molar-refractivity contribution < 1.29 is 14.7 Å². The van der Waals surface area contributed by atoms with E-state index in [1.54, 1.807) is 6.08 Å². The van der Waals surface area contributed by atoms with Gasteiger partial charge in [0.1, 0.15) is 10.9 Å². The van der Waals surface area contributed by atoms with E-state index >= 15 is 0 Å². The molecular weight excluding hydrogens is 524 g/mol. The third kappa shape index (κ3) is 6.34. The van der Waals surface area contributed by atoms with Gasteiger partial charge in [0.2, 0.25) is 0 Å². The molecule has 1 heterocycles. The number of carboxylic acids is 1. The molecule has 0 aliphatic carbocycles. The molecule has 4 aromatic carbocycles. The summed E-state index contributed by atoms with van der Waals surface area (Å²) >= 11 is 6.27. The second-order valence-corrected chi connectivity index (χ2v) is 10.4. The van der Waals surface area contributed by atoms with Crippen LogP contribution in [0.25, 0.3) is 18.2 Å². The normalized spacial score (nSPS) is 14.4. The van der Waals surface area contributed by atoms with Crippen LogP contribution in [0, 0.1) is 0 Å². The van der Waals surface area contributed by atoms with Crippen LogP contribution in [0.15, 0.2) is 114 Å². The first-order valence-corrected chi connectivity index (χ1v) is 13.5. The van der Waals surface area contributed by atoms with Crippen LogP contribution in [0.5, 0.6) is 0 Å². The summed E-state index contributed by atoms with van der Waals surface area (Å²) < 4.78 is 0.259. The average molecular weight is 549 g/mol. The van der Waals surface area contributed by atoms with Gasteiger partial charge in [-0.3, -0.25) is 14.5 Å². The number of benzene rings is 4. The highest BCUT2D eigenvalue weighted by Crippen LogP contribution is 2.34. The van der Waals surface area contributed by atoms with E-state index in [4.69, 9.17) is 17.3 Å². The topological polar surface area (TPSA) is 60.9 Å². The number of amides is 1. The number of carbonyl (C=O) groups excluding carboxylic acids is 1. The Hall–Kier alpha value is -4.46. The first kappa shape index (κ1) is 26.2. The Morgan fingerprint density at radius 3 is 1.72 bits per heavy atom. The van der Waals surface area contributed by atoms with E-state index in [2.05, 4.69) is 59.5 Å². The quantitative estimate of drug-likeness (QED) is 0.139. The van der Waals surface area contributed by atoms with Gasteiger partial charge in [-0.2, -0.15) is 0 Å². The lowest BCUT2D eigenvalue weighted by molar-refractivity contribution is -0.140. The van der Waals surface area contributed by atoms with Crippen LogP contribution >= 0.6 is 24.0 Å². The minimum atomic E-state index is -1.09. The maximum Gasteiger partial charge on any atom is 0.323 e. The number of carbonyl (C=O) groups is 2. The van der Waals surface area contributed by atoms with Gasteiger partial charge in [0.25, 0.3) is 5.91 Å². The summed E-state index contributed by atoms with van der Waals surface area (Å²) in [6.07, 6.45) is 5.83. The molecule has 1 aliphatic rings. The van der Waals surface area contributed by atoms with Crippen LogP contribution in [0.2, 0.25) is 0 Å². The van der Waals surface area contributed by atoms with Crippen LogP contribution in [0.3, 0.4) is 0 Å². The second-order valence-electron chi connectivity index (χ2n) is 8.76. The summed E-state index contributed by atoms with van der Waals surface area (Å²) in [7, 11) is 0. The third-order valence-corrected chi connectivity index (χ3v) is 7.43. The predicted molar refractivity (Wildman–Crippen MR) is 164 cm³/mol. The van der Waals surface area contributed by atoms with E-state index in [1.165, 1.54) is 0 Å². The summed E-state index contributed by atoms with van der Waals surface area (Å²) in [5.41, 5.74) is 6.19. The third-order valence-electron chi connectivity index (χ3n) is 6.05. The molecule has 4 aromatic rings. The Balaban J connectivity index is 1.29. The van der Waals surface area contributed by atoms with Crippen molar-refractivity contribution in [2.45, 2.75) is 0 Å². The number of rotatable bonds is 8. The number of hydrogen-bond donors (Lipinski definition) is 1. The lowest BCUT2D eigenvalue weighted by atomic mass is 10.1. The smallest absolute Gasteiger partial charge is 0.323 e. The van der Waals surface area contributed by atoms with E-state index in [-0.39, 0.29) is 10.2 Å². The summed E-state index contributed by atoms with van der Waals surface area (Å²) in [4.78, 5) is 27.2. The number of anilines is 3. The molecule has 1 N–H and O–H groups in total. The van der Waals surface area contributed by atoms with E-state index in [0.29, 0.717) is 4.91 Å². The number of thiocarbonyl (C=S) groups is 1. The standard InChI is InChI=1S/C32H24N2O3S2/c35-30(36)22-33-31(37)29(39-32(33)38)21-25-15-13-23(14-16-25)11-12-24-17-19-28(20-18-24)34(26-7-3-1-4-8-26)27-9-5-2-6-10-27/h1-21H,22H2,(H,35,36)/b12-11+,29-21+. The Morgan fingerprint density at radius 2 is 1.21 bits per heavy atom. The Morgan fingerprint density at radius 1 is 0.744 bits per heavy atom. The van der Waals surface area contributed by atoms with E-state index in [1.807, 2.05) is 66.7 Å². The molecule has 0 bridgehead atoms. The fraction of sp³-hybridized carbons (Fsp3) is 0.0312. The average Bonchev–Trinajstić information content (AvgIpc) is 3.21. The van der Waals surface area contributed by atoms with Crippen molar-refractivity contribution in [3.8, 4) is 0 Å². The molecule has 39 heavy (non-hydrogen) atoms. The van der Waals surface area contributed by atoms with Crippen molar-refractivity contribution in [3.63, 3.8) is 0 Å². The van der Waals surface area contributed by atoms with Crippen LogP contribution in [-0.4, -0.2) is 32.7 Å². The van der Waals surface area contributed by atoms with Crippen LogP contribution in [0.4, 0.5) is 17.1 Å². The Bertz CT molecular complexity index is 1510. The second kappa shape index (κ2) is 11.9. The van der Waals surface area contributed by atoms with Crippen LogP contribution in [-0.2, 0) is 9.59 Å². The molecule has 1 saturated heterocycles. The molecule has 0 spiro atoms. The van der Waals surface area contributed by atoms with Crippen molar-refractivity contribution in [1.82, 2.24) is 4.90 Å². The van der Waals surface area contributed by atoms with Gasteiger partial charge < -0.3 is 10.0 Å². The molecule has 0 radical (unpaired) electrons. The lowest BCUT2D eigenvalue weighted by Crippen LogP contribution is -2.33. The minimum absolute atomic E-state index is 0.259. The molecular formula is C32H24N2O3S2. The van der Waals surface area contributed by atoms with E-state index in [0.717, 1.165) is 50.4 Å². The van der Waals surface area contributed by atoms with Gasteiger partial charge in [-0.25, -0.2) is 0 Å². The molecule has 7 heteroatoms. The summed E-state index contributed by atoms with van der Waals surface area (Å²) in [5.74, 6) is -1.47. The van der Waals surface area contributed by atoms with Gasteiger partial charge in [0.05, 0.1) is 4.91 Å². The molecule has 0 atom stereocenters. The maximum atomic E-state index is 12.5. The van der Waals surface area contributed by atoms with Gasteiger partial charge >= 0.3 is 5.97 Å². The zero-order valence-corrected chi connectivity index (χ0v) is 22.4. The molecule has 192 valence electrons. The molecule has 5 nitrogen and oxygen atoms in total. The fourth-order valence-corrected chi connectivity index (χ4v) is 5.41. The molecule has 0 saturated carbocycles. The Kier molecular flexibility index (Phi) is 8.01. The molecule has 0 unspecified atom stereocenters. The fourth-order valence-electron chi connectivity index (χ4n) is 4.15. The molecule has 1 aliphatic heterocycles. The zero-order valence-electron chi connectivity index (χ0n) is 20.8. The largest absolute Gasteiger partial charge is 0.480 e. The van der Waals surface area contributed by atoms with Gasteiger partial charge in [-0.05, 0) is 59.2 Å². The highest BCUT2D eigenvalue weighted by Gasteiger charge is 2.33. The van der Waals surface area contributed by atoms with Gasteiger partial charge in [0, 0.05) is 17.1 Å². The molecule has 5 rings (SSSR count). The molecule has 1 fully saturated rings. The summed E-state index contributed by atoms with van der Waals surface area (Å²) in [6, 6.07) is 36.8. The summed E-state index contributed by atoms with van der Waals surface area (Å²) in [6.45, 7) is -0.427. The van der Waals surface area contributed by atoms with Crippen molar-refractivity contribution in [1.29, 1.82) is 0 Å². The first-order chi connectivity index (χ1) is 19.0. The van der Waals surface area contributed by atoms with Crippen molar-refractivity contribution in [2.24, 2.45) is 0 Å². The SMILES string of the molecule is O=C(O)CN1C(=O)/C(=C\c2ccc(/C=C/c3ccc(N(c4ccccc4)c4ccccc4)cc3)cc2)SC1=S. The molecule has 0 aromatic heterocycles. The lowest BCUT2D eigenvalue weighted by Gasteiger charge is -2.25. The van der Waals surface area contributed by atoms with E-state index < -0.39 is 12.5 Å². The highest BCUT2D eigenvalue weighted by atomic mass is 32.2. The van der Waals surface area contributed by atoms with Crippen LogP contribution in [0.1, 0.15) is 16.7 Å². The van der Waals surface area contributed by atoms with Crippen molar-refractivity contribution in [2.75, 3.05) is 11.4 Å². The number of para-hydroxylation sites is 2. The first-order valence-electron chi connectivity index (χ1n) is 12.2. The number of thioether (sulfide) groups is 1.